The van der Waals surface area contributed by atoms with Crippen LogP contribution in [0.25, 0.3) is 0 Å². The van der Waals surface area contributed by atoms with E-state index < -0.39 is 12.1 Å². The number of rotatable bonds is 4. The Bertz CT molecular complexity index is 709. The second-order valence-corrected chi connectivity index (χ2v) is 4.95. The van der Waals surface area contributed by atoms with Gasteiger partial charge in [-0.05, 0) is 23.8 Å². The van der Waals surface area contributed by atoms with Gasteiger partial charge in [-0.3, -0.25) is 4.79 Å². The molecule has 0 aromatic heterocycles. The summed E-state index contributed by atoms with van der Waals surface area (Å²) in [4.78, 5) is 10.9. The molecule has 0 bridgehead atoms. The van der Waals surface area contributed by atoms with Crippen LogP contribution in [0.3, 0.4) is 0 Å². The zero-order chi connectivity index (χ0) is 16.5. The van der Waals surface area contributed by atoms with Crippen LogP contribution in [-0.2, 0) is 9.53 Å². The highest BCUT2D eigenvalue weighted by atomic mass is 16.5. The standard InChI is InChI=1S/C20H18O3/c1-16(21)23-15-14-19(18-10-6-3-7-11-18)20(22)13-12-17-8-4-2-5-9-17/h2-11,14-15,19-20,22H,1H3/b15-14-/t19-,20-/m1/s1. The van der Waals surface area contributed by atoms with Crippen LogP contribution in [0.5, 0.6) is 0 Å². The Hall–Kier alpha value is -2.83. The zero-order valence-corrected chi connectivity index (χ0v) is 12.8. The third-order valence-corrected chi connectivity index (χ3v) is 3.18. The number of benzene rings is 2. The lowest BCUT2D eigenvalue weighted by molar-refractivity contribution is -0.135. The molecule has 2 aromatic rings. The maximum absolute atomic E-state index is 10.9. The van der Waals surface area contributed by atoms with E-state index in [1.165, 1.54) is 13.2 Å². The van der Waals surface area contributed by atoms with Crippen molar-refractivity contribution in [2.45, 2.75) is 18.9 Å². The first-order valence-corrected chi connectivity index (χ1v) is 7.30. The van der Waals surface area contributed by atoms with Crippen molar-refractivity contribution >= 4 is 5.97 Å². The molecule has 2 aromatic carbocycles. The van der Waals surface area contributed by atoms with Crippen LogP contribution < -0.4 is 0 Å². The highest BCUT2D eigenvalue weighted by Crippen LogP contribution is 2.21. The fourth-order valence-corrected chi connectivity index (χ4v) is 2.06. The van der Waals surface area contributed by atoms with Crippen molar-refractivity contribution in [1.29, 1.82) is 0 Å². The summed E-state index contributed by atoms with van der Waals surface area (Å²) >= 11 is 0. The molecule has 2 rings (SSSR count). The predicted octanol–water partition coefficient (Wildman–Crippen LogP) is 3.26. The van der Waals surface area contributed by atoms with Gasteiger partial charge in [-0.2, -0.15) is 0 Å². The smallest absolute Gasteiger partial charge is 0.307 e. The van der Waals surface area contributed by atoms with Crippen molar-refractivity contribution < 1.29 is 14.6 Å². The molecule has 0 aliphatic heterocycles. The molecule has 0 fully saturated rings. The maximum Gasteiger partial charge on any atom is 0.307 e. The molecule has 0 heterocycles. The number of carbonyl (C=O) groups is 1. The van der Waals surface area contributed by atoms with Crippen molar-refractivity contribution in [3.05, 3.63) is 84.1 Å². The molecule has 2 atom stereocenters. The Morgan fingerprint density at radius 1 is 1.09 bits per heavy atom. The Morgan fingerprint density at radius 3 is 2.30 bits per heavy atom. The van der Waals surface area contributed by atoms with E-state index in [9.17, 15) is 9.90 Å². The van der Waals surface area contributed by atoms with Crippen LogP contribution in [0.4, 0.5) is 0 Å². The van der Waals surface area contributed by atoms with Crippen molar-refractivity contribution in [2.24, 2.45) is 0 Å². The Kier molecular flexibility index (Phi) is 6.17. The third kappa shape index (κ3) is 5.46. The van der Waals surface area contributed by atoms with Crippen molar-refractivity contribution in [2.75, 3.05) is 0 Å². The molecular formula is C20H18O3. The van der Waals surface area contributed by atoms with Crippen molar-refractivity contribution in [3.63, 3.8) is 0 Å². The summed E-state index contributed by atoms with van der Waals surface area (Å²) in [6.45, 7) is 1.33. The van der Waals surface area contributed by atoms with Gasteiger partial charge >= 0.3 is 5.97 Å². The molecule has 116 valence electrons. The van der Waals surface area contributed by atoms with Crippen LogP contribution in [0.1, 0.15) is 24.0 Å². The molecule has 0 aliphatic carbocycles. The van der Waals surface area contributed by atoms with Crippen LogP contribution in [0.15, 0.2) is 73.0 Å². The van der Waals surface area contributed by atoms with Gasteiger partial charge in [-0.1, -0.05) is 60.4 Å². The van der Waals surface area contributed by atoms with Gasteiger partial charge in [-0.25, -0.2) is 0 Å². The summed E-state index contributed by atoms with van der Waals surface area (Å²) < 4.78 is 4.83. The van der Waals surface area contributed by atoms with E-state index in [0.717, 1.165) is 11.1 Å². The second kappa shape index (κ2) is 8.57. The molecule has 1 N–H and O–H groups in total. The average Bonchev–Trinajstić information content (AvgIpc) is 2.58. The second-order valence-electron chi connectivity index (χ2n) is 4.95. The molecule has 3 heteroatoms. The van der Waals surface area contributed by atoms with E-state index in [-0.39, 0.29) is 5.92 Å². The Morgan fingerprint density at radius 2 is 1.70 bits per heavy atom. The molecule has 3 nitrogen and oxygen atoms in total. The monoisotopic (exact) mass is 306 g/mol. The lowest BCUT2D eigenvalue weighted by Crippen LogP contribution is -2.15. The molecule has 0 aliphatic rings. The minimum absolute atomic E-state index is 0.383. The largest absolute Gasteiger partial charge is 0.435 e. The molecular weight excluding hydrogens is 288 g/mol. The number of hydrogen-bond acceptors (Lipinski definition) is 3. The van der Waals surface area contributed by atoms with Gasteiger partial charge in [0, 0.05) is 18.4 Å². The summed E-state index contributed by atoms with van der Waals surface area (Å²) in [6, 6.07) is 18.9. The molecule has 0 radical (unpaired) electrons. The van der Waals surface area contributed by atoms with Gasteiger partial charge in [0.25, 0.3) is 0 Å². The van der Waals surface area contributed by atoms with Crippen LogP contribution in [0.2, 0.25) is 0 Å². The lowest BCUT2D eigenvalue weighted by atomic mass is 9.93. The molecule has 23 heavy (non-hydrogen) atoms. The van der Waals surface area contributed by atoms with Gasteiger partial charge in [0.15, 0.2) is 0 Å². The first-order valence-electron chi connectivity index (χ1n) is 7.30. The molecule has 0 saturated carbocycles. The third-order valence-electron chi connectivity index (χ3n) is 3.18. The van der Waals surface area contributed by atoms with E-state index in [1.54, 1.807) is 6.08 Å². The predicted molar refractivity (Wildman–Crippen MR) is 89.4 cm³/mol. The summed E-state index contributed by atoms with van der Waals surface area (Å²) in [5.74, 6) is 5.01. The van der Waals surface area contributed by atoms with Crippen molar-refractivity contribution in [1.82, 2.24) is 0 Å². The quantitative estimate of drug-likeness (QED) is 0.536. The Balaban J connectivity index is 2.21. The summed E-state index contributed by atoms with van der Waals surface area (Å²) in [6.07, 6.45) is 2.03. The van der Waals surface area contributed by atoms with Gasteiger partial charge in [0.1, 0.15) is 6.10 Å². The zero-order valence-electron chi connectivity index (χ0n) is 12.8. The van der Waals surface area contributed by atoms with E-state index >= 15 is 0 Å². The van der Waals surface area contributed by atoms with Gasteiger partial charge in [0.2, 0.25) is 0 Å². The summed E-state index contributed by atoms with van der Waals surface area (Å²) in [5.41, 5.74) is 1.73. The topological polar surface area (TPSA) is 46.5 Å². The molecule has 0 spiro atoms. The average molecular weight is 306 g/mol. The SMILES string of the molecule is CC(=O)O/C=C\[C@H](c1ccccc1)[C@H](O)C#Cc1ccccc1. The van der Waals surface area contributed by atoms with Crippen LogP contribution in [-0.4, -0.2) is 17.2 Å². The number of ether oxygens (including phenoxy) is 1. The van der Waals surface area contributed by atoms with Crippen LogP contribution >= 0.6 is 0 Å². The Labute approximate surface area is 136 Å². The maximum atomic E-state index is 10.9. The lowest BCUT2D eigenvalue weighted by Gasteiger charge is -2.15. The van der Waals surface area contributed by atoms with Gasteiger partial charge in [0.05, 0.1) is 6.26 Å². The number of aliphatic hydroxyl groups excluding tert-OH is 1. The number of carbonyl (C=O) groups excluding carboxylic acids is 1. The highest BCUT2D eigenvalue weighted by Gasteiger charge is 2.16. The summed E-state index contributed by atoms with van der Waals surface area (Å²) in [5, 5.41) is 10.4. The molecule has 0 saturated heterocycles. The fraction of sp³-hybridized carbons (Fsp3) is 0.150. The number of esters is 1. The van der Waals surface area contributed by atoms with E-state index in [1.807, 2.05) is 60.7 Å². The van der Waals surface area contributed by atoms with Crippen molar-refractivity contribution in [3.8, 4) is 11.8 Å². The highest BCUT2D eigenvalue weighted by molar-refractivity contribution is 5.66. The number of hydrogen-bond donors (Lipinski definition) is 1. The first-order chi connectivity index (χ1) is 11.2. The van der Waals surface area contributed by atoms with Crippen LogP contribution in [0, 0.1) is 11.8 Å². The number of aliphatic hydroxyl groups is 1. The molecule has 0 amide bonds. The fourth-order valence-electron chi connectivity index (χ4n) is 2.06. The molecule has 0 unspecified atom stereocenters. The van der Waals surface area contributed by atoms with E-state index in [2.05, 4.69) is 11.8 Å². The van der Waals surface area contributed by atoms with Gasteiger partial charge in [-0.15, -0.1) is 0 Å². The first kappa shape index (κ1) is 16.5. The van der Waals surface area contributed by atoms with E-state index in [0.29, 0.717) is 0 Å². The minimum atomic E-state index is -0.913. The summed E-state index contributed by atoms with van der Waals surface area (Å²) in [7, 11) is 0. The normalized spacial score (nSPS) is 13.0. The van der Waals surface area contributed by atoms with E-state index in [4.69, 9.17) is 4.74 Å². The van der Waals surface area contributed by atoms with Gasteiger partial charge < -0.3 is 9.84 Å². The minimum Gasteiger partial charge on any atom is -0.435 e.